The zero-order valence-corrected chi connectivity index (χ0v) is 14.7. The van der Waals surface area contributed by atoms with Gasteiger partial charge in [0, 0.05) is 44.3 Å². The molecule has 0 saturated heterocycles. The van der Waals surface area contributed by atoms with Crippen molar-refractivity contribution >= 4 is 23.6 Å². The van der Waals surface area contributed by atoms with Gasteiger partial charge in [0.2, 0.25) is 0 Å². The van der Waals surface area contributed by atoms with Crippen LogP contribution in [0.4, 0.5) is 0 Å². The van der Waals surface area contributed by atoms with Crippen LogP contribution in [-0.2, 0) is 6.42 Å². The fourth-order valence-electron chi connectivity index (χ4n) is 1.97. The number of rotatable bonds is 9. The normalized spacial score (nSPS) is 11.0. The average Bonchev–Trinajstić information content (AvgIpc) is 2.59. The number of guanidine groups is 1. The molecule has 0 aliphatic heterocycles. The molecule has 0 saturated carbocycles. The van der Waals surface area contributed by atoms with Crippen LogP contribution >= 0.6 is 11.8 Å². The van der Waals surface area contributed by atoms with Crippen LogP contribution in [-0.4, -0.2) is 50.6 Å². The predicted octanol–water partition coefficient (Wildman–Crippen LogP) is 1.67. The van der Waals surface area contributed by atoms with E-state index in [0.29, 0.717) is 5.56 Å². The molecule has 0 fully saturated rings. The number of hydrogen-bond acceptors (Lipinski definition) is 3. The van der Waals surface area contributed by atoms with Gasteiger partial charge < -0.3 is 16.0 Å². The van der Waals surface area contributed by atoms with Crippen LogP contribution in [0.5, 0.6) is 0 Å². The van der Waals surface area contributed by atoms with Crippen LogP contribution in [0.1, 0.15) is 15.9 Å². The van der Waals surface area contributed by atoms with Gasteiger partial charge in [-0.3, -0.25) is 9.79 Å². The molecule has 0 bridgehead atoms. The summed E-state index contributed by atoms with van der Waals surface area (Å²) < 4.78 is 0. The van der Waals surface area contributed by atoms with E-state index < -0.39 is 0 Å². The number of benzene rings is 1. The minimum Gasteiger partial charge on any atom is -0.356 e. The fourth-order valence-corrected chi connectivity index (χ4v) is 2.55. The zero-order valence-electron chi connectivity index (χ0n) is 13.9. The van der Waals surface area contributed by atoms with Gasteiger partial charge in [-0.15, -0.1) is 6.58 Å². The second-order valence-electron chi connectivity index (χ2n) is 4.82. The lowest BCUT2D eigenvalue weighted by Gasteiger charge is -2.12. The molecule has 0 aromatic heterocycles. The maximum absolute atomic E-state index is 11.6. The van der Waals surface area contributed by atoms with Crippen molar-refractivity contribution in [1.29, 1.82) is 0 Å². The fraction of sp³-hybridized carbons (Fsp3) is 0.412. The van der Waals surface area contributed by atoms with Gasteiger partial charge in [0.25, 0.3) is 5.91 Å². The third kappa shape index (κ3) is 7.74. The van der Waals surface area contributed by atoms with Crippen molar-refractivity contribution in [3.8, 4) is 0 Å². The van der Waals surface area contributed by atoms with Crippen molar-refractivity contribution in [3.63, 3.8) is 0 Å². The number of carbonyl (C=O) groups excluding carboxylic acids is 1. The monoisotopic (exact) mass is 334 g/mol. The molecule has 0 unspecified atom stereocenters. The van der Waals surface area contributed by atoms with E-state index in [1.54, 1.807) is 14.1 Å². The van der Waals surface area contributed by atoms with Crippen molar-refractivity contribution in [3.05, 3.63) is 48.0 Å². The molecule has 1 aromatic rings. The first kappa shape index (κ1) is 19.1. The maximum Gasteiger partial charge on any atom is 0.251 e. The molecule has 23 heavy (non-hydrogen) atoms. The highest BCUT2D eigenvalue weighted by molar-refractivity contribution is 7.99. The number of nitrogens with one attached hydrogen (secondary N) is 3. The summed E-state index contributed by atoms with van der Waals surface area (Å²) in [6.45, 7) is 5.33. The summed E-state index contributed by atoms with van der Waals surface area (Å²) in [5.74, 6) is 2.72. The number of thioether (sulfide) groups is 1. The molecule has 0 spiro atoms. The summed E-state index contributed by atoms with van der Waals surface area (Å²) in [6, 6.07) is 7.67. The highest BCUT2D eigenvalue weighted by Gasteiger charge is 2.04. The second kappa shape index (κ2) is 11.6. The molecule has 0 aliphatic rings. The summed E-state index contributed by atoms with van der Waals surface area (Å²) in [5, 5.41) is 9.19. The van der Waals surface area contributed by atoms with Crippen molar-refractivity contribution in [2.45, 2.75) is 6.42 Å². The van der Waals surface area contributed by atoms with E-state index >= 15 is 0 Å². The van der Waals surface area contributed by atoms with Crippen molar-refractivity contribution in [2.75, 3.05) is 38.7 Å². The average molecular weight is 334 g/mol. The van der Waals surface area contributed by atoms with E-state index in [9.17, 15) is 4.79 Å². The topological polar surface area (TPSA) is 65.5 Å². The minimum absolute atomic E-state index is 0.0608. The van der Waals surface area contributed by atoms with Crippen LogP contribution in [0.2, 0.25) is 0 Å². The Morgan fingerprint density at radius 2 is 2.13 bits per heavy atom. The van der Waals surface area contributed by atoms with E-state index in [-0.39, 0.29) is 5.91 Å². The van der Waals surface area contributed by atoms with Crippen LogP contribution in [0.3, 0.4) is 0 Å². The van der Waals surface area contributed by atoms with Gasteiger partial charge in [-0.05, 0) is 24.1 Å². The lowest BCUT2D eigenvalue weighted by atomic mass is 10.1. The van der Waals surface area contributed by atoms with E-state index in [4.69, 9.17) is 0 Å². The van der Waals surface area contributed by atoms with Crippen LogP contribution in [0, 0.1) is 0 Å². The number of carbonyl (C=O) groups is 1. The molecule has 1 rings (SSSR count). The largest absolute Gasteiger partial charge is 0.356 e. The summed E-state index contributed by atoms with van der Waals surface area (Å²) in [5.41, 5.74) is 1.81. The molecule has 0 heterocycles. The number of aliphatic imine (C=N–C) groups is 1. The van der Waals surface area contributed by atoms with Gasteiger partial charge in [0.1, 0.15) is 0 Å². The van der Waals surface area contributed by atoms with E-state index in [1.807, 2.05) is 42.1 Å². The van der Waals surface area contributed by atoms with Gasteiger partial charge in [0.05, 0.1) is 0 Å². The zero-order chi connectivity index (χ0) is 16.9. The summed E-state index contributed by atoms with van der Waals surface area (Å²) in [6.07, 6.45) is 2.74. The molecule has 3 N–H and O–H groups in total. The Labute approximate surface area is 143 Å². The van der Waals surface area contributed by atoms with Gasteiger partial charge in [-0.25, -0.2) is 0 Å². The Morgan fingerprint density at radius 1 is 1.35 bits per heavy atom. The summed E-state index contributed by atoms with van der Waals surface area (Å²) in [7, 11) is 3.40. The van der Waals surface area contributed by atoms with Gasteiger partial charge in [0.15, 0.2) is 5.96 Å². The third-order valence-corrected chi connectivity index (χ3v) is 4.08. The van der Waals surface area contributed by atoms with E-state index in [0.717, 1.165) is 42.5 Å². The molecule has 1 amide bonds. The lowest BCUT2D eigenvalue weighted by molar-refractivity contribution is 0.0963. The predicted molar refractivity (Wildman–Crippen MR) is 100 cm³/mol. The molecule has 1 aromatic carbocycles. The Morgan fingerprint density at radius 3 is 2.83 bits per heavy atom. The summed E-state index contributed by atoms with van der Waals surface area (Å²) in [4.78, 5) is 15.8. The summed E-state index contributed by atoms with van der Waals surface area (Å²) >= 11 is 1.83. The van der Waals surface area contributed by atoms with Crippen molar-refractivity contribution < 1.29 is 4.79 Å². The molecule has 0 atom stereocenters. The van der Waals surface area contributed by atoms with Crippen molar-refractivity contribution in [2.24, 2.45) is 4.99 Å². The first-order valence-electron chi connectivity index (χ1n) is 7.65. The van der Waals surface area contributed by atoms with E-state index in [1.165, 1.54) is 0 Å². The minimum atomic E-state index is -0.0608. The maximum atomic E-state index is 11.6. The third-order valence-electron chi connectivity index (χ3n) is 3.12. The van der Waals surface area contributed by atoms with Gasteiger partial charge in [-0.1, -0.05) is 18.2 Å². The second-order valence-corrected chi connectivity index (χ2v) is 5.97. The Kier molecular flexibility index (Phi) is 9.63. The number of nitrogens with zero attached hydrogens (tertiary/aromatic N) is 1. The highest BCUT2D eigenvalue weighted by atomic mass is 32.2. The highest BCUT2D eigenvalue weighted by Crippen LogP contribution is 2.05. The molecular formula is C17H26N4OS. The lowest BCUT2D eigenvalue weighted by Crippen LogP contribution is -2.39. The van der Waals surface area contributed by atoms with Crippen LogP contribution < -0.4 is 16.0 Å². The first-order chi connectivity index (χ1) is 11.2. The Bertz CT molecular complexity index is 531. The first-order valence-corrected chi connectivity index (χ1v) is 8.81. The Balaban J connectivity index is 2.34. The van der Waals surface area contributed by atoms with Crippen molar-refractivity contribution in [1.82, 2.24) is 16.0 Å². The standard InChI is InChI=1S/C17H26N4OS/c1-4-11-23-12-10-21-17(19-3)20-9-8-14-6-5-7-15(13-14)16(22)18-2/h4-7,13H,1,8-12H2,2-3H3,(H,18,22)(H2,19,20,21). The molecule has 0 aliphatic carbocycles. The van der Waals surface area contributed by atoms with Crippen LogP contribution in [0.15, 0.2) is 41.9 Å². The molecule has 0 radical (unpaired) electrons. The smallest absolute Gasteiger partial charge is 0.251 e. The molecule has 5 nitrogen and oxygen atoms in total. The quantitative estimate of drug-likeness (QED) is 0.278. The van der Waals surface area contributed by atoms with E-state index in [2.05, 4.69) is 27.5 Å². The SMILES string of the molecule is C=CCSCCNC(=NC)NCCc1cccc(C(=O)NC)c1. The Hall–Kier alpha value is -1.95. The van der Waals surface area contributed by atoms with Crippen LogP contribution in [0.25, 0.3) is 0 Å². The van der Waals surface area contributed by atoms with Gasteiger partial charge in [-0.2, -0.15) is 11.8 Å². The molecular weight excluding hydrogens is 308 g/mol. The molecule has 6 heteroatoms. The number of hydrogen-bond donors (Lipinski definition) is 3. The number of amides is 1. The van der Waals surface area contributed by atoms with Gasteiger partial charge >= 0.3 is 0 Å². The molecule has 126 valence electrons.